The molecule has 0 spiro atoms. The summed E-state index contributed by atoms with van der Waals surface area (Å²) in [5.74, 6) is 0. The van der Waals surface area contributed by atoms with Gasteiger partial charge in [0.2, 0.25) is 0 Å². The molecule has 8 rings (SSSR count). The first-order chi connectivity index (χ1) is 21.9. The number of para-hydroxylation sites is 4. The number of rotatable bonds is 7. The van der Waals surface area contributed by atoms with Crippen molar-refractivity contribution in [3.8, 4) is 0 Å². The van der Waals surface area contributed by atoms with Crippen LogP contribution >= 0.6 is 16.4 Å². The summed E-state index contributed by atoms with van der Waals surface area (Å²) in [6.45, 7) is 0. The number of hydrogen-bond donors (Lipinski definition) is 0. The molecular formula is C38H44N4P2. The second-order valence-corrected chi connectivity index (χ2v) is 16.9. The Morgan fingerprint density at radius 3 is 0.818 bits per heavy atom. The number of fused-ring (bicyclic) bond motifs is 2. The Hall–Kier alpha value is -3.06. The van der Waals surface area contributed by atoms with Gasteiger partial charge in [-0.3, -0.25) is 0 Å². The molecule has 4 fully saturated rings. The van der Waals surface area contributed by atoms with Crippen LogP contribution < -0.4 is 18.7 Å². The smallest absolute Gasteiger partial charge is 0.0962 e. The first-order valence-corrected chi connectivity index (χ1v) is 19.7. The van der Waals surface area contributed by atoms with Gasteiger partial charge >= 0.3 is 0 Å². The Balaban J connectivity index is 1.20. The van der Waals surface area contributed by atoms with E-state index in [0.29, 0.717) is 24.2 Å². The molecule has 0 N–H and O–H groups in total. The van der Waals surface area contributed by atoms with Gasteiger partial charge in [-0.1, -0.05) is 98.5 Å². The van der Waals surface area contributed by atoms with Crippen molar-refractivity contribution in [1.82, 2.24) is 0 Å². The normalized spacial score (nSPS) is 25.7. The zero-order valence-electron chi connectivity index (χ0n) is 25.6. The standard InChI is InChI=1S/C38H44N4P2/c1-5-17-31(18-6-1)39-35-25-13-14-26-36(35)40(32-19-7-2-8-20-32)43(39)29-30-44-41(33-21-9-3-10-22-33)37-27-15-16-28-38(37)42(44)34-23-11-4-12-24-34/h1-12,17-24,35-38H,13-16,25-30H2/t35-,36-,37-,38-/m1/s1. The Morgan fingerprint density at radius 2 is 0.591 bits per heavy atom. The highest BCUT2D eigenvalue weighted by molar-refractivity contribution is 7.65. The predicted molar refractivity (Wildman–Crippen MR) is 191 cm³/mol. The summed E-state index contributed by atoms with van der Waals surface area (Å²) >= 11 is 0. The van der Waals surface area contributed by atoms with Crippen LogP contribution in [0, 0.1) is 0 Å². The van der Waals surface area contributed by atoms with Gasteiger partial charge in [0.15, 0.2) is 0 Å². The largest absolute Gasteiger partial charge is 0.329 e. The van der Waals surface area contributed by atoms with Crippen molar-refractivity contribution in [2.24, 2.45) is 0 Å². The van der Waals surface area contributed by atoms with Gasteiger partial charge in [0.05, 0.1) is 40.6 Å². The molecule has 0 unspecified atom stereocenters. The molecule has 0 radical (unpaired) electrons. The third kappa shape index (κ3) is 5.19. The fraction of sp³-hybridized carbons (Fsp3) is 0.368. The van der Waals surface area contributed by atoms with Crippen LogP contribution in [0.4, 0.5) is 22.7 Å². The maximum absolute atomic E-state index is 2.91. The van der Waals surface area contributed by atoms with Crippen LogP contribution in [0.1, 0.15) is 51.4 Å². The molecule has 4 aromatic rings. The van der Waals surface area contributed by atoms with E-state index in [0.717, 1.165) is 0 Å². The highest BCUT2D eigenvalue weighted by Gasteiger charge is 2.51. The van der Waals surface area contributed by atoms with E-state index in [-0.39, 0.29) is 0 Å². The van der Waals surface area contributed by atoms with E-state index in [4.69, 9.17) is 0 Å². The molecule has 0 amide bonds. The van der Waals surface area contributed by atoms with Gasteiger partial charge in [-0.25, -0.2) is 0 Å². The quantitative estimate of drug-likeness (QED) is 0.191. The molecule has 2 saturated heterocycles. The summed E-state index contributed by atoms with van der Waals surface area (Å²) in [5.41, 5.74) is 5.67. The van der Waals surface area contributed by atoms with Crippen LogP contribution in [0.25, 0.3) is 0 Å². The summed E-state index contributed by atoms with van der Waals surface area (Å²) in [4.78, 5) is 0. The fourth-order valence-corrected chi connectivity index (χ4v) is 15.2. The van der Waals surface area contributed by atoms with Gasteiger partial charge in [-0.15, -0.1) is 0 Å². The SMILES string of the molecule is c1ccc(N2[C@@H]3CCCC[C@H]3N(c3ccccc3)P2CCP2N(c3ccccc3)[C@@H]3CCCC[C@H]3N2c2ccccc2)cc1. The zero-order chi connectivity index (χ0) is 29.3. The van der Waals surface area contributed by atoms with Crippen LogP contribution in [-0.2, 0) is 0 Å². The molecule has 6 heteroatoms. The van der Waals surface area contributed by atoms with E-state index < -0.39 is 16.4 Å². The van der Waals surface area contributed by atoms with E-state index in [2.05, 4.69) is 140 Å². The molecule has 4 atom stereocenters. The molecular weight excluding hydrogens is 574 g/mol. The van der Waals surface area contributed by atoms with Crippen LogP contribution in [0.3, 0.4) is 0 Å². The lowest BCUT2D eigenvalue weighted by Gasteiger charge is -2.38. The average Bonchev–Trinajstić information content (AvgIpc) is 3.61. The number of benzene rings is 4. The predicted octanol–water partition coefficient (Wildman–Crippen LogP) is 10.3. The van der Waals surface area contributed by atoms with Crippen molar-refractivity contribution in [3.63, 3.8) is 0 Å². The van der Waals surface area contributed by atoms with E-state index in [1.807, 2.05) is 0 Å². The molecule has 2 saturated carbocycles. The Bertz CT molecular complexity index is 1260. The van der Waals surface area contributed by atoms with Crippen LogP contribution in [0.15, 0.2) is 121 Å². The van der Waals surface area contributed by atoms with Crippen molar-refractivity contribution < 1.29 is 0 Å². The maximum Gasteiger partial charge on any atom is 0.0962 e. The van der Waals surface area contributed by atoms with Crippen molar-refractivity contribution in [3.05, 3.63) is 121 Å². The number of anilines is 4. The fourth-order valence-electron chi connectivity index (χ4n) is 8.45. The van der Waals surface area contributed by atoms with Gasteiger partial charge in [0, 0.05) is 35.1 Å². The molecule has 44 heavy (non-hydrogen) atoms. The Morgan fingerprint density at radius 1 is 0.364 bits per heavy atom. The maximum atomic E-state index is 2.91. The van der Waals surface area contributed by atoms with Gasteiger partial charge in [-0.2, -0.15) is 0 Å². The van der Waals surface area contributed by atoms with Gasteiger partial charge < -0.3 is 18.7 Å². The number of nitrogens with zero attached hydrogens (tertiary/aromatic N) is 4. The first kappa shape index (κ1) is 28.4. The third-order valence-electron chi connectivity index (χ3n) is 10.2. The molecule has 2 aliphatic carbocycles. The second kappa shape index (κ2) is 12.7. The number of hydrogen-bond acceptors (Lipinski definition) is 4. The monoisotopic (exact) mass is 618 g/mol. The molecule has 2 aliphatic heterocycles. The van der Waals surface area contributed by atoms with E-state index in [1.165, 1.54) is 86.4 Å². The summed E-state index contributed by atoms with van der Waals surface area (Å²) in [6.07, 6.45) is 13.0. The van der Waals surface area contributed by atoms with Crippen molar-refractivity contribution >= 4 is 39.2 Å². The third-order valence-corrected chi connectivity index (χ3v) is 15.9. The lowest BCUT2D eigenvalue weighted by atomic mass is 9.90. The van der Waals surface area contributed by atoms with Gasteiger partial charge in [0.1, 0.15) is 0 Å². The zero-order valence-corrected chi connectivity index (χ0v) is 27.4. The second-order valence-electron chi connectivity index (χ2n) is 12.8. The average molecular weight is 619 g/mol. The molecule has 0 bridgehead atoms. The van der Waals surface area contributed by atoms with Crippen molar-refractivity contribution in [2.75, 3.05) is 31.0 Å². The molecule has 226 valence electrons. The summed E-state index contributed by atoms with van der Waals surface area (Å²) < 4.78 is 11.6. The van der Waals surface area contributed by atoms with E-state index in [9.17, 15) is 0 Å². The lowest BCUT2D eigenvalue weighted by Crippen LogP contribution is -2.40. The summed E-state index contributed by atoms with van der Waals surface area (Å²) in [6, 6.07) is 48.0. The Kier molecular flexibility index (Phi) is 8.23. The van der Waals surface area contributed by atoms with E-state index in [1.54, 1.807) is 0 Å². The minimum atomic E-state index is -0.559. The first-order valence-electron chi connectivity index (χ1n) is 16.8. The molecule has 4 nitrogen and oxygen atoms in total. The highest BCUT2D eigenvalue weighted by Crippen LogP contribution is 2.65. The summed E-state index contributed by atoms with van der Waals surface area (Å²) in [7, 11) is -1.12. The minimum Gasteiger partial charge on any atom is -0.329 e. The highest BCUT2D eigenvalue weighted by atomic mass is 31.1. The molecule has 0 aromatic heterocycles. The van der Waals surface area contributed by atoms with Crippen molar-refractivity contribution in [1.29, 1.82) is 0 Å². The lowest BCUT2D eigenvalue weighted by molar-refractivity contribution is 0.409. The van der Waals surface area contributed by atoms with E-state index >= 15 is 0 Å². The van der Waals surface area contributed by atoms with Crippen LogP contribution in [0.5, 0.6) is 0 Å². The Labute approximate surface area is 266 Å². The minimum absolute atomic E-state index is 0.559. The van der Waals surface area contributed by atoms with Gasteiger partial charge in [0.25, 0.3) is 0 Å². The van der Waals surface area contributed by atoms with Crippen LogP contribution in [-0.4, -0.2) is 36.5 Å². The summed E-state index contributed by atoms with van der Waals surface area (Å²) in [5, 5.41) is 0. The van der Waals surface area contributed by atoms with Gasteiger partial charge in [-0.05, 0) is 74.2 Å². The van der Waals surface area contributed by atoms with Crippen molar-refractivity contribution in [2.45, 2.75) is 75.5 Å². The molecule has 4 aromatic carbocycles. The topological polar surface area (TPSA) is 13.0 Å². The molecule has 4 aliphatic rings. The molecule has 2 heterocycles. The van der Waals surface area contributed by atoms with Crippen LogP contribution in [0.2, 0.25) is 0 Å².